The van der Waals surface area contributed by atoms with E-state index < -0.39 is 6.10 Å². The fraction of sp³-hybridized carbons (Fsp3) is 0.647. The van der Waals surface area contributed by atoms with Crippen molar-refractivity contribution >= 4 is 0 Å². The van der Waals surface area contributed by atoms with Gasteiger partial charge >= 0.3 is 0 Å². The van der Waals surface area contributed by atoms with Crippen LogP contribution in [0.5, 0.6) is 0 Å². The van der Waals surface area contributed by atoms with E-state index in [0.717, 1.165) is 25.3 Å². The first-order chi connectivity index (χ1) is 9.54. The summed E-state index contributed by atoms with van der Waals surface area (Å²) in [5.41, 5.74) is 0.831. The maximum Gasteiger partial charge on any atom is 0.0853 e. The van der Waals surface area contributed by atoms with Gasteiger partial charge in [-0.1, -0.05) is 44.2 Å². The lowest BCUT2D eigenvalue weighted by Gasteiger charge is -2.36. The Bertz CT molecular complexity index is 401. The molecule has 1 aromatic rings. The zero-order chi connectivity index (χ0) is 14.6. The van der Waals surface area contributed by atoms with Crippen LogP contribution in [-0.4, -0.2) is 42.9 Å². The van der Waals surface area contributed by atoms with Gasteiger partial charge < -0.3 is 9.84 Å². The minimum absolute atomic E-state index is 0.169. The fourth-order valence-corrected chi connectivity index (χ4v) is 2.74. The molecule has 0 aromatic heterocycles. The first kappa shape index (κ1) is 15.5. The zero-order valence-electron chi connectivity index (χ0n) is 12.9. The van der Waals surface area contributed by atoms with E-state index >= 15 is 0 Å². The Balaban J connectivity index is 2.00. The van der Waals surface area contributed by atoms with Crippen LogP contribution < -0.4 is 0 Å². The predicted molar refractivity (Wildman–Crippen MR) is 81.7 cm³/mol. The average molecular weight is 277 g/mol. The number of hydrogen-bond acceptors (Lipinski definition) is 3. The lowest BCUT2D eigenvalue weighted by Crippen LogP contribution is -2.40. The van der Waals surface area contributed by atoms with Crippen molar-refractivity contribution in [1.82, 2.24) is 4.90 Å². The summed E-state index contributed by atoms with van der Waals surface area (Å²) in [7, 11) is 1.75. The van der Waals surface area contributed by atoms with Gasteiger partial charge in [-0.2, -0.15) is 0 Å². The van der Waals surface area contributed by atoms with Crippen molar-refractivity contribution in [2.75, 3.05) is 26.8 Å². The van der Waals surface area contributed by atoms with E-state index in [2.05, 4.69) is 18.7 Å². The van der Waals surface area contributed by atoms with E-state index in [4.69, 9.17) is 4.74 Å². The lowest BCUT2D eigenvalue weighted by molar-refractivity contribution is 0.0122. The molecule has 1 unspecified atom stereocenters. The van der Waals surface area contributed by atoms with Crippen LogP contribution in [0.1, 0.15) is 38.4 Å². The number of nitrogens with zero attached hydrogens (tertiary/aromatic N) is 1. The Kier molecular flexibility index (Phi) is 5.19. The summed E-state index contributed by atoms with van der Waals surface area (Å²) in [6, 6.07) is 10.6. The molecule has 1 atom stereocenters. The second kappa shape index (κ2) is 6.70. The highest BCUT2D eigenvalue weighted by Crippen LogP contribution is 2.37. The summed E-state index contributed by atoms with van der Waals surface area (Å²) in [4.78, 5) is 2.47. The summed E-state index contributed by atoms with van der Waals surface area (Å²) >= 11 is 0. The van der Waals surface area contributed by atoms with Gasteiger partial charge in [0.1, 0.15) is 0 Å². The van der Waals surface area contributed by atoms with Crippen molar-refractivity contribution in [3.8, 4) is 0 Å². The SMILES string of the molecule is COCCN(CC(C)(C)C(O)c1ccccc1)C1CC1. The zero-order valence-corrected chi connectivity index (χ0v) is 12.9. The van der Waals surface area contributed by atoms with Gasteiger partial charge in [-0.15, -0.1) is 0 Å². The van der Waals surface area contributed by atoms with E-state index in [1.54, 1.807) is 7.11 Å². The Hall–Kier alpha value is -0.900. The van der Waals surface area contributed by atoms with Gasteiger partial charge in [-0.3, -0.25) is 4.90 Å². The van der Waals surface area contributed by atoms with E-state index in [1.807, 2.05) is 30.3 Å². The minimum Gasteiger partial charge on any atom is -0.388 e. The molecule has 1 aromatic carbocycles. The summed E-state index contributed by atoms with van der Waals surface area (Å²) in [6.45, 7) is 6.90. The molecule has 0 aliphatic heterocycles. The normalized spacial score (nSPS) is 17.4. The van der Waals surface area contributed by atoms with Gasteiger partial charge in [0.25, 0.3) is 0 Å². The van der Waals surface area contributed by atoms with Gasteiger partial charge in [-0.05, 0) is 18.4 Å². The second-order valence-corrected chi connectivity index (χ2v) is 6.50. The topological polar surface area (TPSA) is 32.7 Å². The van der Waals surface area contributed by atoms with E-state index in [9.17, 15) is 5.11 Å². The predicted octanol–water partition coefficient (Wildman–Crippen LogP) is 2.86. The van der Waals surface area contributed by atoms with Crippen molar-refractivity contribution in [3.05, 3.63) is 35.9 Å². The molecule has 2 rings (SSSR count). The van der Waals surface area contributed by atoms with Gasteiger partial charge in [0.15, 0.2) is 0 Å². The van der Waals surface area contributed by atoms with Gasteiger partial charge in [0.05, 0.1) is 12.7 Å². The summed E-state index contributed by atoms with van der Waals surface area (Å²) in [5.74, 6) is 0. The number of benzene rings is 1. The first-order valence-electron chi connectivity index (χ1n) is 7.50. The Labute approximate surface area is 122 Å². The van der Waals surface area contributed by atoms with Crippen molar-refractivity contribution in [2.24, 2.45) is 5.41 Å². The first-order valence-corrected chi connectivity index (χ1v) is 7.50. The molecule has 3 heteroatoms. The van der Waals surface area contributed by atoms with Crippen molar-refractivity contribution < 1.29 is 9.84 Å². The largest absolute Gasteiger partial charge is 0.388 e. The molecule has 0 heterocycles. The number of ether oxygens (including phenoxy) is 1. The number of aliphatic hydroxyl groups is 1. The summed E-state index contributed by atoms with van der Waals surface area (Å²) in [6.07, 6.45) is 2.12. The van der Waals surface area contributed by atoms with Crippen LogP contribution in [0.15, 0.2) is 30.3 Å². The number of rotatable bonds is 8. The minimum atomic E-state index is -0.438. The average Bonchev–Trinajstić information content (AvgIpc) is 3.28. The molecule has 0 radical (unpaired) electrons. The van der Waals surface area contributed by atoms with Crippen molar-refractivity contribution in [3.63, 3.8) is 0 Å². The molecule has 1 aliphatic carbocycles. The Morgan fingerprint density at radius 1 is 1.30 bits per heavy atom. The van der Waals surface area contributed by atoms with Crippen LogP contribution in [0.4, 0.5) is 0 Å². The third-order valence-corrected chi connectivity index (χ3v) is 4.11. The second-order valence-electron chi connectivity index (χ2n) is 6.50. The maximum absolute atomic E-state index is 10.7. The van der Waals surface area contributed by atoms with Crippen LogP contribution >= 0.6 is 0 Å². The molecule has 0 saturated heterocycles. The Morgan fingerprint density at radius 3 is 2.50 bits per heavy atom. The highest BCUT2D eigenvalue weighted by Gasteiger charge is 2.36. The molecule has 1 N–H and O–H groups in total. The molecular formula is C17H27NO2. The quantitative estimate of drug-likeness (QED) is 0.793. The van der Waals surface area contributed by atoms with Crippen LogP contribution in [0, 0.1) is 5.41 Å². The third kappa shape index (κ3) is 4.05. The summed E-state index contributed by atoms with van der Waals surface area (Å²) in [5, 5.41) is 10.7. The van der Waals surface area contributed by atoms with Crippen molar-refractivity contribution in [2.45, 2.75) is 38.8 Å². The lowest BCUT2D eigenvalue weighted by atomic mass is 9.82. The fourth-order valence-electron chi connectivity index (χ4n) is 2.74. The number of aliphatic hydroxyl groups excluding tert-OH is 1. The molecule has 20 heavy (non-hydrogen) atoms. The molecule has 1 fully saturated rings. The summed E-state index contributed by atoms with van der Waals surface area (Å²) < 4.78 is 5.21. The van der Waals surface area contributed by atoms with Crippen molar-refractivity contribution in [1.29, 1.82) is 0 Å². The van der Waals surface area contributed by atoms with Gasteiger partial charge in [-0.25, -0.2) is 0 Å². The molecule has 0 bridgehead atoms. The van der Waals surface area contributed by atoms with Gasteiger partial charge in [0, 0.05) is 31.7 Å². The molecular weight excluding hydrogens is 250 g/mol. The third-order valence-electron chi connectivity index (χ3n) is 4.11. The number of hydrogen-bond donors (Lipinski definition) is 1. The van der Waals surface area contributed by atoms with E-state index in [-0.39, 0.29) is 5.41 Å². The smallest absolute Gasteiger partial charge is 0.0853 e. The molecule has 0 amide bonds. The van der Waals surface area contributed by atoms with Crippen LogP contribution in [0.2, 0.25) is 0 Å². The number of methoxy groups -OCH3 is 1. The molecule has 1 aliphatic rings. The van der Waals surface area contributed by atoms with E-state index in [0.29, 0.717) is 6.04 Å². The maximum atomic E-state index is 10.7. The van der Waals surface area contributed by atoms with E-state index in [1.165, 1.54) is 12.8 Å². The molecule has 3 nitrogen and oxygen atoms in total. The molecule has 1 saturated carbocycles. The molecule has 112 valence electrons. The highest BCUT2D eigenvalue weighted by molar-refractivity contribution is 5.19. The standard InChI is InChI=1S/C17H27NO2/c1-17(2,16(19)14-7-5-4-6-8-14)13-18(11-12-20-3)15-9-10-15/h4-8,15-16,19H,9-13H2,1-3H3. The van der Waals surface area contributed by atoms with Crippen LogP contribution in [-0.2, 0) is 4.74 Å². The van der Waals surface area contributed by atoms with Crippen LogP contribution in [0.3, 0.4) is 0 Å². The Morgan fingerprint density at radius 2 is 1.95 bits per heavy atom. The van der Waals surface area contributed by atoms with Crippen LogP contribution in [0.25, 0.3) is 0 Å². The van der Waals surface area contributed by atoms with Gasteiger partial charge in [0.2, 0.25) is 0 Å². The monoisotopic (exact) mass is 277 g/mol. The molecule has 0 spiro atoms. The highest BCUT2D eigenvalue weighted by atomic mass is 16.5.